The van der Waals surface area contributed by atoms with Crippen molar-refractivity contribution in [1.29, 1.82) is 0 Å². The van der Waals surface area contributed by atoms with Crippen LogP contribution in [0.4, 0.5) is 27.6 Å². The Bertz CT molecular complexity index is 1430. The van der Waals surface area contributed by atoms with E-state index in [0.717, 1.165) is 0 Å². The lowest BCUT2D eigenvalue weighted by Gasteiger charge is -2.21. The van der Waals surface area contributed by atoms with Crippen molar-refractivity contribution in [1.82, 2.24) is 14.2 Å². The number of nitrogens with one attached hydrogen (secondary N) is 1. The quantitative estimate of drug-likeness (QED) is 0.287. The van der Waals surface area contributed by atoms with Gasteiger partial charge in [-0.1, -0.05) is 19.1 Å². The molecule has 0 aliphatic carbocycles. The Morgan fingerprint density at radius 1 is 1.03 bits per heavy atom. The second kappa shape index (κ2) is 7.74. The molecule has 1 atom stereocenters. The molecule has 0 saturated heterocycles. The van der Waals surface area contributed by atoms with Gasteiger partial charge in [-0.25, -0.2) is 26.5 Å². The monoisotopic (exact) mass is 450 g/mol. The standard InChI is InChI=1S/C21H15F5N4O2/c1-3-11(21(32)28-19-17(25)15(23)14(22)16(24)18(19)26)30-12-7-5-4-6-10(12)20-27-13(31)8-9(2)29(20)30/h4-8,11H,3H2,1-2H3,(H,28,32). The lowest BCUT2D eigenvalue weighted by Crippen LogP contribution is -2.30. The number of carbonyl (C=O) groups is 1. The molecule has 1 N–H and O–H groups in total. The second-order valence-electron chi connectivity index (χ2n) is 7.09. The van der Waals surface area contributed by atoms with E-state index in [1.807, 2.05) is 5.32 Å². The predicted molar refractivity (Wildman–Crippen MR) is 106 cm³/mol. The van der Waals surface area contributed by atoms with Crippen LogP contribution in [0, 0.1) is 36.0 Å². The number of para-hydroxylation sites is 1. The van der Waals surface area contributed by atoms with Gasteiger partial charge in [0.1, 0.15) is 11.7 Å². The third-order valence-electron chi connectivity index (χ3n) is 5.13. The first kappa shape index (κ1) is 21.5. The number of anilines is 1. The average Bonchev–Trinajstić information content (AvgIpc) is 3.09. The molecule has 0 fully saturated rings. The van der Waals surface area contributed by atoms with E-state index in [9.17, 15) is 31.5 Å². The fourth-order valence-electron chi connectivity index (χ4n) is 3.71. The maximum absolute atomic E-state index is 14.1. The topological polar surface area (TPSA) is 68.4 Å². The van der Waals surface area contributed by atoms with E-state index < -0.39 is 52.3 Å². The van der Waals surface area contributed by atoms with E-state index in [1.165, 1.54) is 15.3 Å². The lowest BCUT2D eigenvalue weighted by atomic mass is 10.1. The Morgan fingerprint density at radius 2 is 1.62 bits per heavy atom. The first-order valence-electron chi connectivity index (χ1n) is 9.49. The molecular formula is C21H15F5N4O2. The van der Waals surface area contributed by atoms with Gasteiger partial charge < -0.3 is 5.32 Å². The van der Waals surface area contributed by atoms with Crippen LogP contribution in [0.25, 0.3) is 16.6 Å². The minimum Gasteiger partial charge on any atom is -0.319 e. The van der Waals surface area contributed by atoms with Crippen molar-refractivity contribution in [3.8, 4) is 0 Å². The zero-order chi connectivity index (χ0) is 23.3. The SMILES string of the molecule is CCC(C(=O)Nc1c(F)c(F)c(F)c(F)c1F)n1c2ccccc2c2nc(=O)cc(C)n21. The van der Waals surface area contributed by atoms with Crippen molar-refractivity contribution in [2.24, 2.45) is 0 Å². The minimum atomic E-state index is -2.32. The van der Waals surface area contributed by atoms with Crippen molar-refractivity contribution in [2.45, 2.75) is 26.3 Å². The normalized spacial score (nSPS) is 12.5. The number of nitrogens with zero attached hydrogens (tertiary/aromatic N) is 3. The summed E-state index contributed by atoms with van der Waals surface area (Å²) in [7, 11) is 0. The molecule has 11 heteroatoms. The number of amides is 1. The molecule has 2 aromatic carbocycles. The third-order valence-corrected chi connectivity index (χ3v) is 5.13. The minimum absolute atomic E-state index is 0.0839. The molecule has 2 heterocycles. The van der Waals surface area contributed by atoms with Gasteiger partial charge in [0.05, 0.1) is 5.52 Å². The lowest BCUT2D eigenvalue weighted by molar-refractivity contribution is -0.119. The molecule has 0 aliphatic heterocycles. The van der Waals surface area contributed by atoms with Crippen LogP contribution in [0.1, 0.15) is 25.1 Å². The van der Waals surface area contributed by atoms with Crippen molar-refractivity contribution in [3.05, 3.63) is 75.5 Å². The van der Waals surface area contributed by atoms with Crippen LogP contribution in [-0.4, -0.2) is 20.1 Å². The molecule has 0 bridgehead atoms. The molecule has 6 nitrogen and oxygen atoms in total. The van der Waals surface area contributed by atoms with Crippen LogP contribution in [0.3, 0.4) is 0 Å². The number of aromatic nitrogens is 3. The summed E-state index contributed by atoms with van der Waals surface area (Å²) in [5.74, 6) is -12.0. The highest BCUT2D eigenvalue weighted by Crippen LogP contribution is 2.30. The summed E-state index contributed by atoms with van der Waals surface area (Å²) in [5.41, 5.74) is -0.767. The molecular weight excluding hydrogens is 435 g/mol. The van der Waals surface area contributed by atoms with Crippen molar-refractivity contribution in [3.63, 3.8) is 0 Å². The molecule has 4 aromatic rings. The van der Waals surface area contributed by atoms with E-state index in [4.69, 9.17) is 0 Å². The smallest absolute Gasteiger partial charge is 0.273 e. The number of aryl methyl sites for hydroxylation is 1. The highest BCUT2D eigenvalue weighted by Gasteiger charge is 2.30. The number of benzene rings is 2. The van der Waals surface area contributed by atoms with Crippen LogP contribution < -0.4 is 10.9 Å². The highest BCUT2D eigenvalue weighted by molar-refractivity contribution is 5.97. The van der Waals surface area contributed by atoms with Gasteiger partial charge in [0.25, 0.3) is 5.56 Å². The number of hydrogen-bond acceptors (Lipinski definition) is 3. The van der Waals surface area contributed by atoms with Crippen LogP contribution >= 0.6 is 0 Å². The molecule has 0 radical (unpaired) electrons. The van der Waals surface area contributed by atoms with E-state index in [2.05, 4.69) is 4.98 Å². The van der Waals surface area contributed by atoms with Gasteiger partial charge in [-0.05, 0) is 25.5 Å². The largest absolute Gasteiger partial charge is 0.319 e. The Labute approximate surface area is 176 Å². The summed E-state index contributed by atoms with van der Waals surface area (Å²) in [6, 6.07) is 6.83. The van der Waals surface area contributed by atoms with Crippen molar-refractivity contribution in [2.75, 3.05) is 5.32 Å². The molecule has 1 unspecified atom stereocenters. The van der Waals surface area contributed by atoms with E-state index in [-0.39, 0.29) is 12.1 Å². The maximum atomic E-state index is 14.1. The number of rotatable bonds is 4. The molecule has 2 aromatic heterocycles. The Hall–Kier alpha value is -3.76. The van der Waals surface area contributed by atoms with Crippen molar-refractivity contribution < 1.29 is 26.7 Å². The summed E-state index contributed by atoms with van der Waals surface area (Å²) >= 11 is 0. The van der Waals surface area contributed by atoms with Crippen LogP contribution in [0.15, 0.2) is 35.1 Å². The second-order valence-corrected chi connectivity index (χ2v) is 7.09. The molecule has 4 rings (SSSR count). The molecule has 32 heavy (non-hydrogen) atoms. The van der Waals surface area contributed by atoms with Gasteiger partial charge >= 0.3 is 0 Å². The molecule has 0 spiro atoms. The van der Waals surface area contributed by atoms with Gasteiger partial charge in [-0.3, -0.25) is 14.3 Å². The van der Waals surface area contributed by atoms with E-state index in [0.29, 0.717) is 16.6 Å². The first-order valence-corrected chi connectivity index (χ1v) is 9.49. The fourth-order valence-corrected chi connectivity index (χ4v) is 3.71. The van der Waals surface area contributed by atoms with Crippen LogP contribution in [0.5, 0.6) is 0 Å². The summed E-state index contributed by atoms with van der Waals surface area (Å²) in [4.78, 5) is 29.0. The first-order chi connectivity index (χ1) is 15.2. The zero-order valence-corrected chi connectivity index (χ0v) is 16.7. The molecule has 166 valence electrons. The Balaban J connectivity index is 1.91. The van der Waals surface area contributed by atoms with E-state index in [1.54, 1.807) is 38.1 Å². The van der Waals surface area contributed by atoms with Gasteiger partial charge in [0.15, 0.2) is 28.9 Å². The summed E-state index contributed by atoms with van der Waals surface area (Å²) in [6.45, 7) is 3.22. The number of carbonyl (C=O) groups excluding carboxylic acids is 1. The van der Waals surface area contributed by atoms with E-state index >= 15 is 0 Å². The number of halogens is 5. The van der Waals surface area contributed by atoms with Crippen LogP contribution in [0.2, 0.25) is 0 Å². The number of hydrogen-bond donors (Lipinski definition) is 1. The molecule has 1 amide bonds. The Morgan fingerprint density at radius 3 is 2.25 bits per heavy atom. The third kappa shape index (κ3) is 3.12. The van der Waals surface area contributed by atoms with Gasteiger partial charge in [-0.15, -0.1) is 0 Å². The van der Waals surface area contributed by atoms with Crippen molar-refractivity contribution >= 4 is 28.1 Å². The summed E-state index contributed by atoms with van der Waals surface area (Å²) in [6.07, 6.45) is 0.0839. The fraction of sp³-hybridized carbons (Fsp3) is 0.190. The Kier molecular flexibility index (Phi) is 5.19. The molecule has 0 saturated carbocycles. The maximum Gasteiger partial charge on any atom is 0.273 e. The van der Waals surface area contributed by atoms with Gasteiger partial charge in [-0.2, -0.15) is 4.98 Å². The summed E-state index contributed by atoms with van der Waals surface area (Å²) < 4.78 is 71.6. The number of fused-ring (bicyclic) bond motifs is 3. The van der Waals surface area contributed by atoms with Gasteiger partial charge in [0, 0.05) is 17.1 Å². The zero-order valence-electron chi connectivity index (χ0n) is 16.7. The molecule has 0 aliphatic rings. The highest BCUT2D eigenvalue weighted by atomic mass is 19.2. The van der Waals surface area contributed by atoms with Gasteiger partial charge in [0.2, 0.25) is 11.7 Å². The summed E-state index contributed by atoms with van der Waals surface area (Å²) in [5, 5.41) is 2.37. The van der Waals surface area contributed by atoms with Crippen LogP contribution in [-0.2, 0) is 4.79 Å². The predicted octanol–water partition coefficient (Wildman–Crippen LogP) is 4.24. The average molecular weight is 450 g/mol.